The molecule has 0 saturated carbocycles. The van der Waals surface area contributed by atoms with Gasteiger partial charge in [0.1, 0.15) is 17.1 Å². The van der Waals surface area contributed by atoms with Crippen molar-refractivity contribution in [3.8, 4) is 11.5 Å². The molecule has 7 heteroatoms. The Balaban J connectivity index is 2.02. The first-order valence-electron chi connectivity index (χ1n) is 6.95. The third-order valence-electron chi connectivity index (χ3n) is 3.38. The number of fused-ring (bicyclic) bond motifs is 1. The Bertz CT molecular complexity index is 936. The fourth-order valence-corrected chi connectivity index (χ4v) is 2.68. The maximum Gasteiger partial charge on any atom is 0.339 e. The smallest absolute Gasteiger partial charge is 0.339 e. The van der Waals surface area contributed by atoms with Crippen LogP contribution in [0.3, 0.4) is 0 Å². The van der Waals surface area contributed by atoms with Gasteiger partial charge in [-0.1, -0.05) is 36.4 Å². The van der Waals surface area contributed by atoms with Gasteiger partial charge in [-0.05, 0) is 29.7 Å². The average Bonchev–Trinajstić information content (AvgIpc) is 2.56. The lowest BCUT2D eigenvalue weighted by Gasteiger charge is -2.12. The van der Waals surface area contributed by atoms with E-state index in [-0.39, 0.29) is 17.0 Å². The summed E-state index contributed by atoms with van der Waals surface area (Å²) >= 11 is -2.28. The zero-order chi connectivity index (χ0) is 17.1. The fraction of sp³-hybridized carbons (Fsp3) is 0. The van der Waals surface area contributed by atoms with E-state index in [2.05, 4.69) is 4.72 Å². The van der Waals surface area contributed by atoms with Crippen LogP contribution >= 0.6 is 0 Å². The number of carbonyl (C=O) groups is 1. The van der Waals surface area contributed by atoms with Crippen LogP contribution in [0.25, 0.3) is 10.8 Å². The molecular formula is C17H13NO5S. The molecule has 3 aromatic rings. The summed E-state index contributed by atoms with van der Waals surface area (Å²) in [5.74, 6) is -0.521. The van der Waals surface area contributed by atoms with Gasteiger partial charge in [0, 0.05) is 11.1 Å². The van der Waals surface area contributed by atoms with E-state index in [9.17, 15) is 14.1 Å². The van der Waals surface area contributed by atoms with E-state index >= 15 is 0 Å². The zero-order valence-corrected chi connectivity index (χ0v) is 13.1. The predicted molar refractivity (Wildman–Crippen MR) is 91.8 cm³/mol. The molecule has 3 rings (SSSR count). The lowest BCUT2D eigenvalue weighted by molar-refractivity contribution is 0.0694. The second kappa shape index (κ2) is 6.69. The molecule has 0 bridgehead atoms. The molecule has 3 N–H and O–H groups in total. The molecule has 122 valence electrons. The van der Waals surface area contributed by atoms with Crippen LogP contribution in [0.15, 0.2) is 60.7 Å². The van der Waals surface area contributed by atoms with E-state index in [1.54, 1.807) is 6.07 Å². The molecule has 0 heterocycles. The molecule has 0 aliphatic carbocycles. The van der Waals surface area contributed by atoms with Gasteiger partial charge in [0.25, 0.3) is 11.3 Å². The number of hydrogen-bond donors (Lipinski definition) is 3. The number of ether oxygens (including phenoxy) is 1. The van der Waals surface area contributed by atoms with E-state index in [1.807, 2.05) is 36.4 Å². The normalized spacial score (nSPS) is 11.9. The van der Waals surface area contributed by atoms with Crippen molar-refractivity contribution >= 4 is 33.7 Å². The molecule has 0 aliphatic rings. The van der Waals surface area contributed by atoms with Crippen LogP contribution in [0.5, 0.6) is 11.5 Å². The predicted octanol–water partition coefficient (Wildman–Crippen LogP) is 3.88. The Labute approximate surface area is 140 Å². The van der Waals surface area contributed by atoms with E-state index in [0.717, 1.165) is 10.8 Å². The Morgan fingerprint density at radius 3 is 2.50 bits per heavy atom. The molecule has 0 aliphatic heterocycles. The van der Waals surface area contributed by atoms with Crippen molar-refractivity contribution in [2.24, 2.45) is 0 Å². The number of carboxylic acid groups (broad SMARTS) is 1. The van der Waals surface area contributed by atoms with Gasteiger partial charge < -0.3 is 9.84 Å². The average molecular weight is 343 g/mol. The molecule has 3 aromatic carbocycles. The van der Waals surface area contributed by atoms with Crippen molar-refractivity contribution in [3.05, 3.63) is 66.2 Å². The second-order valence-electron chi connectivity index (χ2n) is 4.95. The lowest BCUT2D eigenvalue weighted by atomic mass is 10.1. The molecule has 0 radical (unpaired) electrons. The van der Waals surface area contributed by atoms with Gasteiger partial charge in [0.2, 0.25) is 0 Å². The molecule has 0 aromatic heterocycles. The highest BCUT2D eigenvalue weighted by Crippen LogP contribution is 2.32. The van der Waals surface area contributed by atoms with Crippen LogP contribution in [0.2, 0.25) is 0 Å². The molecule has 24 heavy (non-hydrogen) atoms. The largest absolute Gasteiger partial charge is 0.478 e. The Hall–Kier alpha value is -2.90. The minimum absolute atomic E-state index is 0.113. The minimum Gasteiger partial charge on any atom is -0.478 e. The SMILES string of the molecule is O=C(O)c1cc(NS(=O)O)ccc1Oc1cccc2ccccc12. The number of hydrogen-bond acceptors (Lipinski definition) is 3. The summed E-state index contributed by atoms with van der Waals surface area (Å²) < 4.78 is 27.7. The van der Waals surface area contributed by atoms with Crippen LogP contribution in [-0.4, -0.2) is 19.8 Å². The highest BCUT2D eigenvalue weighted by molar-refractivity contribution is 7.80. The van der Waals surface area contributed by atoms with E-state index in [1.165, 1.54) is 18.2 Å². The highest BCUT2D eigenvalue weighted by Gasteiger charge is 2.15. The van der Waals surface area contributed by atoms with Gasteiger partial charge in [0.15, 0.2) is 0 Å². The summed E-state index contributed by atoms with van der Waals surface area (Å²) in [4.78, 5) is 11.5. The van der Waals surface area contributed by atoms with Gasteiger partial charge in [0.05, 0.1) is 0 Å². The molecule has 0 spiro atoms. The van der Waals surface area contributed by atoms with Crippen LogP contribution in [0.1, 0.15) is 10.4 Å². The van der Waals surface area contributed by atoms with Crippen LogP contribution in [0, 0.1) is 0 Å². The third kappa shape index (κ3) is 3.37. The van der Waals surface area contributed by atoms with Crippen molar-refractivity contribution in [1.82, 2.24) is 0 Å². The van der Waals surface area contributed by atoms with Crippen molar-refractivity contribution in [2.45, 2.75) is 0 Å². The Kier molecular flexibility index (Phi) is 4.45. The van der Waals surface area contributed by atoms with Gasteiger partial charge in [-0.2, -0.15) is 0 Å². The number of carboxylic acids is 1. The fourth-order valence-electron chi connectivity index (χ4n) is 2.35. The monoisotopic (exact) mass is 343 g/mol. The number of benzene rings is 3. The summed E-state index contributed by atoms with van der Waals surface area (Å²) in [7, 11) is 0. The first-order chi connectivity index (χ1) is 11.5. The third-order valence-corrected chi connectivity index (χ3v) is 3.80. The van der Waals surface area contributed by atoms with Crippen LogP contribution in [-0.2, 0) is 11.3 Å². The van der Waals surface area contributed by atoms with E-state index in [4.69, 9.17) is 9.29 Å². The number of aromatic carboxylic acids is 1. The topological polar surface area (TPSA) is 95.9 Å². The molecule has 0 saturated heterocycles. The summed E-state index contributed by atoms with van der Waals surface area (Å²) in [5.41, 5.74) is 0.0943. The van der Waals surface area contributed by atoms with Gasteiger partial charge in [-0.25, -0.2) is 9.00 Å². The van der Waals surface area contributed by atoms with Crippen molar-refractivity contribution in [1.29, 1.82) is 0 Å². The zero-order valence-electron chi connectivity index (χ0n) is 12.3. The first kappa shape index (κ1) is 16.0. The quantitative estimate of drug-likeness (QED) is 0.611. The Morgan fingerprint density at radius 2 is 1.75 bits per heavy atom. The van der Waals surface area contributed by atoms with Crippen LogP contribution < -0.4 is 9.46 Å². The van der Waals surface area contributed by atoms with Gasteiger partial charge in [-0.15, -0.1) is 0 Å². The summed E-state index contributed by atoms with van der Waals surface area (Å²) in [6.07, 6.45) is 0. The standard InChI is InChI=1S/C17H13NO5S/c19-17(20)14-10-12(18-24(21)22)8-9-16(14)23-15-7-3-5-11-4-1-2-6-13(11)15/h1-10,18H,(H,19,20)(H,21,22). The first-order valence-corrected chi connectivity index (χ1v) is 8.06. The van der Waals surface area contributed by atoms with E-state index < -0.39 is 17.2 Å². The molecule has 1 atom stereocenters. The molecule has 6 nitrogen and oxygen atoms in total. The maximum absolute atomic E-state index is 11.5. The molecule has 1 unspecified atom stereocenters. The van der Waals surface area contributed by atoms with Crippen molar-refractivity contribution in [3.63, 3.8) is 0 Å². The van der Waals surface area contributed by atoms with Crippen LogP contribution in [0.4, 0.5) is 5.69 Å². The molecule has 0 amide bonds. The molecule has 0 fully saturated rings. The number of nitrogens with one attached hydrogen (secondary N) is 1. The second-order valence-corrected chi connectivity index (χ2v) is 5.65. The van der Waals surface area contributed by atoms with Crippen molar-refractivity contribution in [2.75, 3.05) is 4.72 Å². The number of anilines is 1. The summed E-state index contributed by atoms with van der Waals surface area (Å²) in [6, 6.07) is 17.3. The lowest BCUT2D eigenvalue weighted by Crippen LogP contribution is -2.05. The van der Waals surface area contributed by atoms with E-state index in [0.29, 0.717) is 5.75 Å². The maximum atomic E-state index is 11.5. The summed E-state index contributed by atoms with van der Waals surface area (Å²) in [6.45, 7) is 0. The van der Waals surface area contributed by atoms with Gasteiger partial charge >= 0.3 is 5.97 Å². The summed E-state index contributed by atoms with van der Waals surface area (Å²) in [5, 5.41) is 11.2. The molecular weight excluding hydrogens is 330 g/mol. The van der Waals surface area contributed by atoms with Crippen molar-refractivity contribution < 1.29 is 23.4 Å². The minimum atomic E-state index is -2.28. The van der Waals surface area contributed by atoms with Gasteiger partial charge in [-0.3, -0.25) is 9.27 Å². The Morgan fingerprint density at radius 1 is 1.00 bits per heavy atom. The highest BCUT2D eigenvalue weighted by atomic mass is 32.2. The number of rotatable bonds is 5.